The average molecular weight is 511 g/mol. The number of hydrogen-bond acceptors (Lipinski definition) is 2. The molecule has 184 valence electrons. The van der Waals surface area contributed by atoms with Gasteiger partial charge in [0.05, 0.1) is 6.42 Å². The molecule has 0 aliphatic rings. The van der Waals surface area contributed by atoms with Crippen LogP contribution in [0.25, 0.3) is 0 Å². The van der Waals surface area contributed by atoms with Crippen LogP contribution < -0.4 is 5.32 Å². The van der Waals surface area contributed by atoms with E-state index in [9.17, 15) is 9.59 Å². The van der Waals surface area contributed by atoms with Gasteiger partial charge in [-0.2, -0.15) is 0 Å². The van der Waals surface area contributed by atoms with E-state index < -0.39 is 6.04 Å². The number of aryl methyl sites for hydroxylation is 2. The molecule has 0 saturated carbocycles. The zero-order valence-electron chi connectivity index (χ0n) is 20.5. The summed E-state index contributed by atoms with van der Waals surface area (Å²) < 4.78 is 0. The van der Waals surface area contributed by atoms with Crippen molar-refractivity contribution in [2.45, 2.75) is 52.6 Å². The molecule has 3 aromatic rings. The highest BCUT2D eigenvalue weighted by molar-refractivity contribution is 6.35. The second kappa shape index (κ2) is 12.8. The van der Waals surface area contributed by atoms with Crippen LogP contribution in [0.4, 0.5) is 0 Å². The normalized spacial score (nSPS) is 11.7. The van der Waals surface area contributed by atoms with Gasteiger partial charge in [-0.1, -0.05) is 84.7 Å². The van der Waals surface area contributed by atoms with Crippen LogP contribution in [0.1, 0.15) is 41.2 Å². The number of carbonyl (C=O) groups is 2. The van der Waals surface area contributed by atoms with Crippen LogP contribution in [-0.4, -0.2) is 29.3 Å². The lowest BCUT2D eigenvalue weighted by Crippen LogP contribution is -2.51. The fourth-order valence-corrected chi connectivity index (χ4v) is 4.41. The number of hydrogen-bond donors (Lipinski definition) is 1. The van der Waals surface area contributed by atoms with Crippen LogP contribution in [0.2, 0.25) is 10.0 Å². The third kappa shape index (κ3) is 7.58. The van der Waals surface area contributed by atoms with Crippen molar-refractivity contribution >= 4 is 35.0 Å². The maximum absolute atomic E-state index is 13.8. The number of benzene rings is 3. The Morgan fingerprint density at radius 3 is 2.31 bits per heavy atom. The molecule has 0 bridgehead atoms. The van der Waals surface area contributed by atoms with Crippen LogP contribution in [0.5, 0.6) is 0 Å². The minimum absolute atomic E-state index is 0.133. The average Bonchev–Trinajstić information content (AvgIpc) is 2.84. The van der Waals surface area contributed by atoms with Crippen molar-refractivity contribution < 1.29 is 9.59 Å². The second-order valence-electron chi connectivity index (χ2n) is 8.85. The molecule has 0 aliphatic heterocycles. The molecule has 4 nitrogen and oxygen atoms in total. The Morgan fingerprint density at radius 1 is 0.914 bits per heavy atom. The first-order valence-corrected chi connectivity index (χ1v) is 12.6. The lowest BCUT2D eigenvalue weighted by atomic mass is 10.00. The van der Waals surface area contributed by atoms with E-state index in [-0.39, 0.29) is 24.8 Å². The molecule has 2 amide bonds. The minimum Gasteiger partial charge on any atom is -0.354 e. The van der Waals surface area contributed by atoms with Gasteiger partial charge < -0.3 is 10.2 Å². The number of halogens is 2. The molecule has 0 heterocycles. The van der Waals surface area contributed by atoms with Gasteiger partial charge in [0.15, 0.2) is 0 Å². The van der Waals surface area contributed by atoms with Crippen LogP contribution >= 0.6 is 23.2 Å². The molecule has 0 aromatic heterocycles. The van der Waals surface area contributed by atoms with Gasteiger partial charge in [-0.25, -0.2) is 0 Å². The SMILES string of the molecule is CCCNC(=O)[C@@H](Cc1ccccc1)N(Cc1ccc(Cl)cc1Cl)C(=O)Cc1ccc(C)c(C)c1. The molecule has 0 radical (unpaired) electrons. The molecule has 0 unspecified atom stereocenters. The summed E-state index contributed by atoms with van der Waals surface area (Å²) in [4.78, 5) is 28.8. The third-order valence-corrected chi connectivity index (χ3v) is 6.69. The zero-order chi connectivity index (χ0) is 25.4. The van der Waals surface area contributed by atoms with E-state index in [4.69, 9.17) is 23.2 Å². The first-order valence-electron chi connectivity index (χ1n) is 11.9. The Bertz CT molecular complexity index is 1160. The van der Waals surface area contributed by atoms with Crippen molar-refractivity contribution in [2.24, 2.45) is 0 Å². The van der Waals surface area contributed by atoms with E-state index in [2.05, 4.69) is 5.32 Å². The molecule has 3 rings (SSSR count). The molecule has 3 aromatic carbocycles. The standard InChI is InChI=1S/C29H32Cl2N2O2/c1-4-14-32-29(35)27(16-22-8-6-5-7-9-22)33(19-24-12-13-25(30)18-26(24)31)28(34)17-23-11-10-20(2)21(3)15-23/h5-13,15,18,27H,4,14,16-17,19H2,1-3H3,(H,32,35)/t27-/m1/s1. The third-order valence-electron chi connectivity index (χ3n) is 6.10. The molecule has 0 fully saturated rings. The number of rotatable bonds is 10. The van der Waals surface area contributed by atoms with E-state index >= 15 is 0 Å². The minimum atomic E-state index is -0.685. The van der Waals surface area contributed by atoms with E-state index in [1.165, 1.54) is 5.56 Å². The number of carbonyl (C=O) groups excluding carboxylic acids is 2. The molecule has 0 aliphatic carbocycles. The summed E-state index contributed by atoms with van der Waals surface area (Å²) in [5, 5.41) is 3.98. The first kappa shape index (κ1) is 26.8. The predicted octanol–water partition coefficient (Wildman–Crippen LogP) is 6.32. The largest absolute Gasteiger partial charge is 0.354 e. The Kier molecular flexibility index (Phi) is 9.76. The van der Waals surface area contributed by atoms with Gasteiger partial charge in [0.2, 0.25) is 11.8 Å². The monoisotopic (exact) mass is 510 g/mol. The van der Waals surface area contributed by atoms with Gasteiger partial charge in [0, 0.05) is 29.6 Å². The fraction of sp³-hybridized carbons (Fsp3) is 0.310. The summed E-state index contributed by atoms with van der Waals surface area (Å²) in [5.74, 6) is -0.305. The summed E-state index contributed by atoms with van der Waals surface area (Å²) in [6, 6.07) is 20.3. The molecule has 1 atom stereocenters. The lowest BCUT2D eigenvalue weighted by Gasteiger charge is -2.32. The maximum atomic E-state index is 13.8. The highest BCUT2D eigenvalue weighted by Gasteiger charge is 2.30. The van der Waals surface area contributed by atoms with Crippen molar-refractivity contribution in [1.29, 1.82) is 0 Å². The molecule has 35 heavy (non-hydrogen) atoms. The quantitative estimate of drug-likeness (QED) is 0.346. The van der Waals surface area contributed by atoms with Crippen molar-refractivity contribution in [3.8, 4) is 0 Å². The lowest BCUT2D eigenvalue weighted by molar-refractivity contribution is -0.140. The molecular weight excluding hydrogens is 479 g/mol. The highest BCUT2D eigenvalue weighted by Crippen LogP contribution is 2.25. The zero-order valence-corrected chi connectivity index (χ0v) is 22.0. The van der Waals surface area contributed by atoms with Gasteiger partial charge in [-0.05, 0) is 60.2 Å². The van der Waals surface area contributed by atoms with Gasteiger partial charge in [0.25, 0.3) is 0 Å². The Labute approximate surface area is 218 Å². The van der Waals surface area contributed by atoms with Crippen LogP contribution in [0.15, 0.2) is 66.7 Å². The van der Waals surface area contributed by atoms with Crippen molar-refractivity contribution in [3.05, 3.63) is 105 Å². The molecule has 6 heteroatoms. The summed E-state index contributed by atoms with van der Waals surface area (Å²) in [6.07, 6.45) is 1.41. The van der Waals surface area contributed by atoms with Gasteiger partial charge in [-0.3, -0.25) is 9.59 Å². The van der Waals surface area contributed by atoms with Gasteiger partial charge >= 0.3 is 0 Å². The van der Waals surface area contributed by atoms with Crippen LogP contribution in [0, 0.1) is 13.8 Å². The Hall–Kier alpha value is -2.82. The van der Waals surface area contributed by atoms with E-state index in [0.717, 1.165) is 28.7 Å². The molecule has 0 saturated heterocycles. The Morgan fingerprint density at radius 2 is 1.66 bits per heavy atom. The van der Waals surface area contributed by atoms with Crippen molar-refractivity contribution in [3.63, 3.8) is 0 Å². The summed E-state index contributed by atoms with van der Waals surface area (Å²) >= 11 is 12.6. The molecular formula is C29H32Cl2N2O2. The van der Waals surface area contributed by atoms with Gasteiger partial charge in [0.1, 0.15) is 6.04 Å². The second-order valence-corrected chi connectivity index (χ2v) is 9.69. The predicted molar refractivity (Wildman–Crippen MR) is 144 cm³/mol. The molecule has 0 spiro atoms. The maximum Gasteiger partial charge on any atom is 0.243 e. The Balaban J connectivity index is 1.99. The smallest absolute Gasteiger partial charge is 0.243 e. The first-order chi connectivity index (χ1) is 16.8. The van der Waals surface area contributed by atoms with E-state index in [0.29, 0.717) is 23.0 Å². The number of nitrogens with zero attached hydrogens (tertiary/aromatic N) is 1. The van der Waals surface area contributed by atoms with Crippen LogP contribution in [0.3, 0.4) is 0 Å². The summed E-state index contributed by atoms with van der Waals surface area (Å²) in [6.45, 7) is 6.83. The highest BCUT2D eigenvalue weighted by atomic mass is 35.5. The topological polar surface area (TPSA) is 49.4 Å². The van der Waals surface area contributed by atoms with Crippen molar-refractivity contribution in [1.82, 2.24) is 10.2 Å². The fourth-order valence-electron chi connectivity index (χ4n) is 3.94. The van der Waals surface area contributed by atoms with Crippen molar-refractivity contribution in [2.75, 3.05) is 6.54 Å². The van der Waals surface area contributed by atoms with Gasteiger partial charge in [-0.15, -0.1) is 0 Å². The molecule has 1 N–H and O–H groups in total. The number of nitrogens with one attached hydrogen (secondary N) is 1. The number of amides is 2. The van der Waals surface area contributed by atoms with Crippen LogP contribution in [-0.2, 0) is 29.0 Å². The summed E-state index contributed by atoms with van der Waals surface area (Å²) in [5.41, 5.74) is 4.94. The summed E-state index contributed by atoms with van der Waals surface area (Å²) in [7, 11) is 0. The van der Waals surface area contributed by atoms with E-state index in [1.54, 1.807) is 17.0 Å². The van der Waals surface area contributed by atoms with E-state index in [1.807, 2.05) is 75.4 Å².